The van der Waals surface area contributed by atoms with Crippen LogP contribution in [0.5, 0.6) is 0 Å². The number of nitrogens with one attached hydrogen (secondary N) is 3. The molecule has 1 fully saturated rings. The number of hydrogen-bond donors (Lipinski definition) is 3. The lowest BCUT2D eigenvalue weighted by molar-refractivity contribution is -0.130. The van der Waals surface area contributed by atoms with E-state index in [1.54, 1.807) is 24.2 Å². The maximum absolute atomic E-state index is 12.4. The number of carbonyl (C=O) groups is 1. The van der Waals surface area contributed by atoms with E-state index in [1.165, 1.54) is 6.33 Å². The third-order valence-electron chi connectivity index (χ3n) is 5.11. The predicted molar refractivity (Wildman–Crippen MR) is 119 cm³/mol. The van der Waals surface area contributed by atoms with Crippen LogP contribution < -0.4 is 21.1 Å². The lowest BCUT2D eigenvalue weighted by atomic mass is 10.1. The van der Waals surface area contributed by atoms with E-state index >= 15 is 0 Å². The highest BCUT2D eigenvalue weighted by Crippen LogP contribution is 2.23. The van der Waals surface area contributed by atoms with E-state index in [0.717, 1.165) is 5.56 Å². The number of aromatic nitrogens is 3. The van der Waals surface area contributed by atoms with Crippen LogP contribution in [-0.2, 0) is 4.79 Å². The van der Waals surface area contributed by atoms with Gasteiger partial charge >= 0.3 is 0 Å². The predicted octanol–water partition coefficient (Wildman–Crippen LogP) is 1.07. The molecule has 0 atom stereocenters. The smallest absolute Gasteiger partial charge is 0.271 e. The fraction of sp³-hybridized carbons (Fsp3) is 0.429. The average Bonchev–Trinajstić information content (AvgIpc) is 2.70. The number of likely N-dealkylation sites (N-methyl/N-ethyl adjacent to an activating group) is 1. The second-order valence-corrected chi connectivity index (χ2v) is 7.61. The molecule has 160 valence electrons. The summed E-state index contributed by atoms with van der Waals surface area (Å²) in [6.07, 6.45) is 6.57. The fourth-order valence-corrected chi connectivity index (χ4v) is 3.18. The number of nitrogens with zero attached hydrogens (tertiary/aromatic N) is 4. The molecule has 0 spiro atoms. The summed E-state index contributed by atoms with van der Waals surface area (Å²) in [5, 5.41) is 6.22. The Hall–Kier alpha value is -3.20. The normalized spacial score (nSPS) is 14.2. The molecule has 2 aromatic heterocycles. The van der Waals surface area contributed by atoms with Gasteiger partial charge in [-0.1, -0.05) is 19.9 Å². The molecule has 0 saturated carbocycles. The van der Waals surface area contributed by atoms with Gasteiger partial charge in [0, 0.05) is 63.7 Å². The number of pyridine rings is 1. The highest BCUT2D eigenvalue weighted by Gasteiger charge is 2.33. The summed E-state index contributed by atoms with van der Waals surface area (Å²) in [5.74, 6) is 0.694. The molecule has 0 radical (unpaired) electrons. The van der Waals surface area contributed by atoms with Gasteiger partial charge in [-0.3, -0.25) is 9.59 Å². The van der Waals surface area contributed by atoms with E-state index < -0.39 is 0 Å². The molecule has 3 N–H and O–H groups in total. The molecule has 0 aromatic carbocycles. The molecule has 3 rings (SSSR count). The first-order valence-electron chi connectivity index (χ1n) is 10.0. The summed E-state index contributed by atoms with van der Waals surface area (Å²) in [6, 6.07) is 4.11. The van der Waals surface area contributed by atoms with Gasteiger partial charge in [-0.2, -0.15) is 0 Å². The summed E-state index contributed by atoms with van der Waals surface area (Å²) in [6.45, 7) is 5.96. The molecule has 1 saturated heterocycles. The van der Waals surface area contributed by atoms with Crippen molar-refractivity contribution in [2.45, 2.75) is 25.9 Å². The van der Waals surface area contributed by atoms with Crippen LogP contribution in [0.3, 0.4) is 0 Å². The molecule has 0 aliphatic carbocycles. The number of carbonyl (C=O) groups excluding carboxylic acids is 1. The maximum Gasteiger partial charge on any atom is 0.271 e. The van der Waals surface area contributed by atoms with E-state index in [9.17, 15) is 9.59 Å². The third kappa shape index (κ3) is 5.04. The van der Waals surface area contributed by atoms with Crippen LogP contribution in [0.2, 0.25) is 0 Å². The Kier molecular flexibility index (Phi) is 6.83. The molecule has 1 amide bonds. The Bertz CT molecular complexity index is 964. The Morgan fingerprint density at radius 1 is 1.37 bits per heavy atom. The van der Waals surface area contributed by atoms with Gasteiger partial charge in [0.25, 0.3) is 5.56 Å². The van der Waals surface area contributed by atoms with Crippen LogP contribution in [0.4, 0.5) is 11.5 Å². The van der Waals surface area contributed by atoms with Crippen LogP contribution in [0.25, 0.3) is 11.3 Å². The molecule has 0 bridgehead atoms. The van der Waals surface area contributed by atoms with Crippen molar-refractivity contribution in [3.8, 4) is 11.3 Å². The third-order valence-corrected chi connectivity index (χ3v) is 5.11. The molecule has 1 aliphatic heterocycles. The Balaban J connectivity index is 1.64. The molecular weight excluding hydrogens is 382 g/mol. The van der Waals surface area contributed by atoms with Crippen molar-refractivity contribution in [3.63, 3.8) is 0 Å². The largest absolute Gasteiger partial charge is 0.373 e. The van der Waals surface area contributed by atoms with E-state index in [0.29, 0.717) is 42.9 Å². The van der Waals surface area contributed by atoms with Crippen LogP contribution >= 0.6 is 0 Å². The summed E-state index contributed by atoms with van der Waals surface area (Å²) in [4.78, 5) is 39.6. The summed E-state index contributed by atoms with van der Waals surface area (Å²) < 4.78 is 0. The number of anilines is 2. The molecule has 1 aliphatic rings. The van der Waals surface area contributed by atoms with Crippen LogP contribution in [0, 0.1) is 0 Å². The average molecular weight is 412 g/mol. The Morgan fingerprint density at radius 3 is 2.83 bits per heavy atom. The van der Waals surface area contributed by atoms with Gasteiger partial charge < -0.3 is 25.4 Å². The highest BCUT2D eigenvalue weighted by atomic mass is 16.2. The SMILES string of the molecule is CNc1cc(-c2c[nH]c(=O)c(N(C)C3CN(C(=O)/C=C/CNC(C)C)C3)c2)ncn1. The molecule has 3 heterocycles. The second-order valence-electron chi connectivity index (χ2n) is 7.61. The van der Waals surface area contributed by atoms with E-state index in [-0.39, 0.29) is 17.5 Å². The summed E-state index contributed by atoms with van der Waals surface area (Å²) in [7, 11) is 3.67. The quantitative estimate of drug-likeness (QED) is 0.558. The second kappa shape index (κ2) is 9.53. The van der Waals surface area contributed by atoms with Gasteiger partial charge in [0.15, 0.2) is 0 Å². The lowest BCUT2D eigenvalue weighted by Gasteiger charge is -2.44. The van der Waals surface area contributed by atoms with Gasteiger partial charge in [-0.15, -0.1) is 0 Å². The standard InChI is InChI=1S/C21H29N7O2/c1-14(2)23-7-5-6-20(29)28-11-16(12-28)27(4)18-8-15(10-24-21(18)30)17-9-19(22-3)26-13-25-17/h5-6,8-10,13-14,16,23H,7,11-12H2,1-4H3,(H,24,30)(H,22,25,26)/b6-5+. The maximum atomic E-state index is 12.4. The zero-order valence-electron chi connectivity index (χ0n) is 17.8. The van der Waals surface area contributed by atoms with Crippen LogP contribution in [0.1, 0.15) is 13.8 Å². The molecule has 9 nitrogen and oxygen atoms in total. The number of aromatic amines is 1. The molecular formula is C21H29N7O2. The Labute approximate surface area is 176 Å². The number of amides is 1. The number of likely N-dealkylation sites (tertiary alicyclic amines) is 1. The first kappa shape index (κ1) is 21.5. The summed E-state index contributed by atoms with van der Waals surface area (Å²) >= 11 is 0. The minimum Gasteiger partial charge on any atom is -0.373 e. The lowest BCUT2D eigenvalue weighted by Crippen LogP contribution is -2.60. The van der Waals surface area contributed by atoms with Crippen molar-refractivity contribution < 1.29 is 4.79 Å². The van der Waals surface area contributed by atoms with Gasteiger partial charge in [-0.05, 0) is 6.07 Å². The Morgan fingerprint density at radius 2 is 2.13 bits per heavy atom. The molecule has 0 unspecified atom stereocenters. The van der Waals surface area contributed by atoms with E-state index in [2.05, 4.69) is 39.4 Å². The van der Waals surface area contributed by atoms with Crippen molar-refractivity contribution in [2.24, 2.45) is 0 Å². The van der Waals surface area contributed by atoms with Gasteiger partial charge in [0.2, 0.25) is 5.91 Å². The fourth-order valence-electron chi connectivity index (χ4n) is 3.18. The summed E-state index contributed by atoms with van der Waals surface area (Å²) in [5.41, 5.74) is 1.88. The number of hydrogen-bond acceptors (Lipinski definition) is 7. The first-order chi connectivity index (χ1) is 14.4. The van der Waals surface area contributed by atoms with Crippen LogP contribution in [-0.4, -0.2) is 71.6 Å². The number of rotatable bonds is 8. The van der Waals surface area contributed by atoms with Crippen molar-refractivity contribution in [3.05, 3.63) is 47.2 Å². The molecule has 9 heteroatoms. The van der Waals surface area contributed by atoms with Gasteiger partial charge in [0.05, 0.1) is 11.7 Å². The minimum atomic E-state index is -0.173. The number of H-pyrrole nitrogens is 1. The van der Waals surface area contributed by atoms with E-state index in [1.807, 2.05) is 30.2 Å². The first-order valence-corrected chi connectivity index (χ1v) is 10.0. The van der Waals surface area contributed by atoms with E-state index in [4.69, 9.17) is 0 Å². The minimum absolute atomic E-state index is 0.00607. The zero-order valence-corrected chi connectivity index (χ0v) is 17.8. The monoisotopic (exact) mass is 411 g/mol. The van der Waals surface area contributed by atoms with Crippen molar-refractivity contribution in [2.75, 3.05) is 43.9 Å². The van der Waals surface area contributed by atoms with Crippen molar-refractivity contribution >= 4 is 17.4 Å². The molecule has 2 aromatic rings. The van der Waals surface area contributed by atoms with Crippen molar-refractivity contribution in [1.29, 1.82) is 0 Å². The van der Waals surface area contributed by atoms with Crippen molar-refractivity contribution in [1.82, 2.24) is 25.2 Å². The van der Waals surface area contributed by atoms with Gasteiger partial charge in [-0.25, -0.2) is 9.97 Å². The van der Waals surface area contributed by atoms with Gasteiger partial charge in [0.1, 0.15) is 17.8 Å². The van der Waals surface area contributed by atoms with Crippen LogP contribution in [0.15, 0.2) is 41.6 Å². The zero-order chi connectivity index (χ0) is 21.7. The highest BCUT2D eigenvalue weighted by molar-refractivity contribution is 5.88. The molecule has 30 heavy (non-hydrogen) atoms. The topological polar surface area (TPSA) is 106 Å².